The zero-order chi connectivity index (χ0) is 17.5. The minimum atomic E-state index is -0.0861. The summed E-state index contributed by atoms with van der Waals surface area (Å²) in [4.78, 5) is 16.1. The van der Waals surface area contributed by atoms with Crippen LogP contribution in [0.3, 0.4) is 0 Å². The summed E-state index contributed by atoms with van der Waals surface area (Å²) in [6.07, 6.45) is 1.22. The standard InChI is InChI=1S/C18H25N3O3/c1-12(2)14-4-6-15(7-5-14)18-20-17(24-21-18)9-8-16(23)19-13(3)10-11-22/h4-7,12-13,22H,8-11H2,1-3H3,(H,19,23). The molecule has 1 aromatic heterocycles. The van der Waals surface area contributed by atoms with E-state index in [1.807, 2.05) is 19.1 Å². The highest BCUT2D eigenvalue weighted by atomic mass is 16.5. The van der Waals surface area contributed by atoms with Crippen LogP contribution in [0.2, 0.25) is 0 Å². The molecule has 2 aromatic rings. The van der Waals surface area contributed by atoms with E-state index in [0.29, 0.717) is 30.5 Å². The Labute approximate surface area is 142 Å². The first kappa shape index (κ1) is 18.1. The van der Waals surface area contributed by atoms with Gasteiger partial charge in [0.2, 0.25) is 17.6 Å². The Hall–Kier alpha value is -2.21. The summed E-state index contributed by atoms with van der Waals surface area (Å²) in [5.74, 6) is 1.38. The van der Waals surface area contributed by atoms with Crippen molar-refractivity contribution in [1.29, 1.82) is 0 Å². The number of carbonyl (C=O) groups excluding carboxylic acids is 1. The minimum Gasteiger partial charge on any atom is -0.396 e. The summed E-state index contributed by atoms with van der Waals surface area (Å²) < 4.78 is 5.22. The van der Waals surface area contributed by atoms with Crippen molar-refractivity contribution in [3.63, 3.8) is 0 Å². The lowest BCUT2D eigenvalue weighted by atomic mass is 10.0. The maximum absolute atomic E-state index is 11.8. The van der Waals surface area contributed by atoms with Crippen molar-refractivity contribution in [2.45, 2.75) is 52.0 Å². The number of rotatable bonds is 8. The molecular weight excluding hydrogens is 306 g/mol. The number of nitrogens with one attached hydrogen (secondary N) is 1. The SMILES string of the molecule is CC(CCO)NC(=O)CCc1nc(-c2ccc(C(C)C)cc2)no1. The Morgan fingerprint density at radius 1 is 1.25 bits per heavy atom. The van der Waals surface area contributed by atoms with Crippen LogP contribution in [0.25, 0.3) is 11.4 Å². The van der Waals surface area contributed by atoms with Gasteiger partial charge in [-0.3, -0.25) is 4.79 Å². The van der Waals surface area contributed by atoms with E-state index in [2.05, 4.69) is 41.4 Å². The molecule has 2 rings (SSSR count). The van der Waals surface area contributed by atoms with Crippen molar-refractivity contribution in [3.8, 4) is 11.4 Å². The fourth-order valence-corrected chi connectivity index (χ4v) is 2.32. The molecule has 1 heterocycles. The minimum absolute atomic E-state index is 0.0415. The molecule has 24 heavy (non-hydrogen) atoms. The topological polar surface area (TPSA) is 88.2 Å². The van der Waals surface area contributed by atoms with Crippen molar-refractivity contribution in [2.24, 2.45) is 0 Å². The van der Waals surface area contributed by atoms with Gasteiger partial charge in [-0.1, -0.05) is 43.3 Å². The van der Waals surface area contributed by atoms with Gasteiger partial charge in [0.1, 0.15) is 0 Å². The third kappa shape index (κ3) is 5.16. The largest absolute Gasteiger partial charge is 0.396 e. The maximum atomic E-state index is 11.8. The highest BCUT2D eigenvalue weighted by Crippen LogP contribution is 2.20. The van der Waals surface area contributed by atoms with Crippen LogP contribution in [0.15, 0.2) is 28.8 Å². The van der Waals surface area contributed by atoms with Gasteiger partial charge in [0.25, 0.3) is 0 Å². The molecule has 130 valence electrons. The normalized spacial score (nSPS) is 12.4. The molecule has 1 atom stereocenters. The van der Waals surface area contributed by atoms with Crippen LogP contribution in [-0.4, -0.2) is 33.8 Å². The zero-order valence-corrected chi connectivity index (χ0v) is 14.5. The van der Waals surface area contributed by atoms with Crippen molar-refractivity contribution in [1.82, 2.24) is 15.5 Å². The number of aromatic nitrogens is 2. The van der Waals surface area contributed by atoms with Gasteiger partial charge in [-0.2, -0.15) is 4.98 Å². The Bertz CT molecular complexity index is 650. The second kappa shape index (κ2) is 8.59. The highest BCUT2D eigenvalue weighted by Gasteiger charge is 2.12. The van der Waals surface area contributed by atoms with Crippen molar-refractivity contribution >= 4 is 5.91 Å². The van der Waals surface area contributed by atoms with Crippen LogP contribution in [-0.2, 0) is 11.2 Å². The van der Waals surface area contributed by atoms with Gasteiger partial charge in [-0.05, 0) is 24.8 Å². The summed E-state index contributed by atoms with van der Waals surface area (Å²) in [5.41, 5.74) is 2.16. The quantitative estimate of drug-likeness (QED) is 0.776. The Morgan fingerprint density at radius 2 is 1.96 bits per heavy atom. The van der Waals surface area contributed by atoms with E-state index in [1.54, 1.807) is 0 Å². The summed E-state index contributed by atoms with van der Waals surface area (Å²) >= 11 is 0. The van der Waals surface area contributed by atoms with Gasteiger partial charge >= 0.3 is 0 Å². The van der Waals surface area contributed by atoms with E-state index < -0.39 is 0 Å². The molecule has 1 aromatic carbocycles. The Balaban J connectivity index is 1.90. The average molecular weight is 331 g/mol. The van der Waals surface area contributed by atoms with Gasteiger partial charge < -0.3 is 14.9 Å². The number of nitrogens with zero attached hydrogens (tertiary/aromatic N) is 2. The number of hydrogen-bond donors (Lipinski definition) is 2. The van der Waals surface area contributed by atoms with Gasteiger partial charge in [-0.25, -0.2) is 0 Å². The van der Waals surface area contributed by atoms with Crippen molar-refractivity contribution in [3.05, 3.63) is 35.7 Å². The fraction of sp³-hybridized carbons (Fsp3) is 0.500. The zero-order valence-electron chi connectivity index (χ0n) is 14.5. The number of amides is 1. The molecule has 1 unspecified atom stereocenters. The van der Waals surface area contributed by atoms with Crippen LogP contribution in [0.4, 0.5) is 0 Å². The third-order valence-corrected chi connectivity index (χ3v) is 3.84. The van der Waals surface area contributed by atoms with Crippen LogP contribution in [0.1, 0.15) is 51.0 Å². The van der Waals surface area contributed by atoms with E-state index >= 15 is 0 Å². The first-order valence-electron chi connectivity index (χ1n) is 8.32. The fourth-order valence-electron chi connectivity index (χ4n) is 2.32. The molecule has 1 amide bonds. The number of benzene rings is 1. The lowest BCUT2D eigenvalue weighted by Gasteiger charge is -2.11. The van der Waals surface area contributed by atoms with Gasteiger partial charge in [-0.15, -0.1) is 0 Å². The molecule has 2 N–H and O–H groups in total. The summed E-state index contributed by atoms with van der Waals surface area (Å²) in [6.45, 7) is 6.21. The van der Waals surface area contributed by atoms with E-state index in [4.69, 9.17) is 9.63 Å². The predicted molar refractivity (Wildman–Crippen MR) is 91.5 cm³/mol. The van der Waals surface area contributed by atoms with Crippen LogP contribution in [0.5, 0.6) is 0 Å². The molecule has 6 heteroatoms. The van der Waals surface area contributed by atoms with E-state index in [-0.39, 0.29) is 25.0 Å². The second-order valence-corrected chi connectivity index (χ2v) is 6.27. The molecular formula is C18H25N3O3. The van der Waals surface area contributed by atoms with E-state index in [0.717, 1.165) is 5.56 Å². The van der Waals surface area contributed by atoms with E-state index in [9.17, 15) is 4.79 Å². The van der Waals surface area contributed by atoms with Crippen molar-refractivity contribution in [2.75, 3.05) is 6.61 Å². The first-order chi connectivity index (χ1) is 11.5. The number of aliphatic hydroxyl groups excluding tert-OH is 1. The number of carbonyl (C=O) groups is 1. The summed E-state index contributed by atoms with van der Waals surface area (Å²) in [7, 11) is 0. The second-order valence-electron chi connectivity index (χ2n) is 6.27. The molecule has 0 aliphatic heterocycles. The molecule has 0 aliphatic carbocycles. The molecule has 0 radical (unpaired) electrons. The van der Waals surface area contributed by atoms with Crippen LogP contribution in [0, 0.1) is 0 Å². The molecule has 0 bridgehead atoms. The Kier molecular flexibility index (Phi) is 6.49. The smallest absolute Gasteiger partial charge is 0.227 e. The molecule has 0 saturated carbocycles. The lowest BCUT2D eigenvalue weighted by molar-refractivity contribution is -0.121. The predicted octanol–water partition coefficient (Wildman–Crippen LogP) is 2.68. The third-order valence-electron chi connectivity index (χ3n) is 3.84. The molecule has 6 nitrogen and oxygen atoms in total. The van der Waals surface area contributed by atoms with Gasteiger partial charge in [0, 0.05) is 31.1 Å². The molecule has 0 aliphatic rings. The van der Waals surface area contributed by atoms with Crippen molar-refractivity contribution < 1.29 is 14.4 Å². The molecule has 0 fully saturated rings. The monoisotopic (exact) mass is 331 g/mol. The van der Waals surface area contributed by atoms with Gasteiger partial charge in [0.15, 0.2) is 0 Å². The van der Waals surface area contributed by atoms with E-state index in [1.165, 1.54) is 5.56 Å². The maximum Gasteiger partial charge on any atom is 0.227 e. The summed E-state index contributed by atoms with van der Waals surface area (Å²) in [6, 6.07) is 8.04. The lowest BCUT2D eigenvalue weighted by Crippen LogP contribution is -2.33. The number of aryl methyl sites for hydroxylation is 1. The van der Waals surface area contributed by atoms with Crippen LogP contribution >= 0.6 is 0 Å². The number of aliphatic hydroxyl groups is 1. The Morgan fingerprint density at radius 3 is 2.58 bits per heavy atom. The number of hydrogen-bond acceptors (Lipinski definition) is 5. The molecule has 0 saturated heterocycles. The highest BCUT2D eigenvalue weighted by molar-refractivity contribution is 5.76. The van der Waals surface area contributed by atoms with Gasteiger partial charge in [0.05, 0.1) is 0 Å². The van der Waals surface area contributed by atoms with Crippen LogP contribution < -0.4 is 5.32 Å². The first-order valence-corrected chi connectivity index (χ1v) is 8.32. The summed E-state index contributed by atoms with van der Waals surface area (Å²) in [5, 5.41) is 15.6. The molecule has 0 spiro atoms. The average Bonchev–Trinajstić information content (AvgIpc) is 3.02.